The van der Waals surface area contributed by atoms with E-state index in [1.807, 2.05) is 27.7 Å². The fourth-order valence-corrected chi connectivity index (χ4v) is 1.33. The second-order valence-electron chi connectivity index (χ2n) is 5.08. The monoisotopic (exact) mass is 257 g/mol. The summed E-state index contributed by atoms with van der Waals surface area (Å²) in [6, 6.07) is -0.486. The molecule has 0 fully saturated rings. The van der Waals surface area contributed by atoms with Crippen molar-refractivity contribution in [1.29, 1.82) is 0 Å². The number of hydrogen-bond acceptors (Lipinski definition) is 3. The lowest BCUT2D eigenvalue weighted by Crippen LogP contribution is -2.48. The number of carbonyl (C=O) groups is 2. The number of amides is 2. The van der Waals surface area contributed by atoms with Crippen LogP contribution in [0.1, 0.15) is 34.6 Å². The molecule has 18 heavy (non-hydrogen) atoms. The maximum absolute atomic E-state index is 11.8. The topological polar surface area (TPSA) is 70.2 Å². The van der Waals surface area contributed by atoms with Gasteiger partial charge in [-0.05, 0) is 19.4 Å². The number of carbonyl (C=O) groups excluding carboxylic acids is 2. The predicted octanol–water partition coefficient (Wildman–Crippen LogP) is 0.509. The summed E-state index contributed by atoms with van der Waals surface area (Å²) in [6.07, 6.45) is 0. The molecule has 106 valence electrons. The summed E-state index contributed by atoms with van der Waals surface area (Å²) in [5.41, 5.74) is 0. The van der Waals surface area contributed by atoms with Gasteiger partial charge in [0, 0.05) is 19.0 Å². The van der Waals surface area contributed by atoms with Crippen molar-refractivity contribution >= 4 is 11.8 Å². The molecule has 0 saturated carbocycles. The molecule has 5 heteroatoms. The summed E-state index contributed by atoms with van der Waals surface area (Å²) in [6.45, 7) is 11.7. The molecule has 5 nitrogen and oxygen atoms in total. The van der Waals surface area contributed by atoms with Crippen molar-refractivity contribution < 1.29 is 9.59 Å². The van der Waals surface area contributed by atoms with Gasteiger partial charge in [-0.15, -0.1) is 0 Å². The molecule has 0 aromatic rings. The van der Waals surface area contributed by atoms with E-state index in [1.165, 1.54) is 0 Å². The SMILES string of the molecule is CCNCC(C)C(=O)NC(C)C(=O)NCC(C)C. The Hall–Kier alpha value is -1.10. The fourth-order valence-electron chi connectivity index (χ4n) is 1.33. The molecule has 0 rings (SSSR count). The zero-order chi connectivity index (χ0) is 14.1. The minimum Gasteiger partial charge on any atom is -0.354 e. The molecule has 0 aromatic heterocycles. The quantitative estimate of drug-likeness (QED) is 0.593. The molecular formula is C13H27N3O2. The van der Waals surface area contributed by atoms with Gasteiger partial charge in [0.05, 0.1) is 0 Å². The van der Waals surface area contributed by atoms with Crippen molar-refractivity contribution in [1.82, 2.24) is 16.0 Å². The minimum absolute atomic E-state index is 0.0943. The molecule has 0 spiro atoms. The Morgan fingerprint density at radius 1 is 1.00 bits per heavy atom. The van der Waals surface area contributed by atoms with Gasteiger partial charge >= 0.3 is 0 Å². The maximum atomic E-state index is 11.8. The summed E-state index contributed by atoms with van der Waals surface area (Å²) < 4.78 is 0. The van der Waals surface area contributed by atoms with E-state index in [0.29, 0.717) is 19.0 Å². The van der Waals surface area contributed by atoms with Crippen LogP contribution in [0.15, 0.2) is 0 Å². The van der Waals surface area contributed by atoms with Crippen molar-refractivity contribution in [3.05, 3.63) is 0 Å². The van der Waals surface area contributed by atoms with Crippen molar-refractivity contribution in [2.45, 2.75) is 40.7 Å². The third kappa shape index (κ3) is 7.27. The van der Waals surface area contributed by atoms with Crippen LogP contribution in [-0.2, 0) is 9.59 Å². The normalized spacial score (nSPS) is 14.1. The highest BCUT2D eigenvalue weighted by molar-refractivity contribution is 5.88. The van der Waals surface area contributed by atoms with Crippen molar-refractivity contribution in [2.24, 2.45) is 11.8 Å². The van der Waals surface area contributed by atoms with Crippen molar-refractivity contribution in [3.63, 3.8) is 0 Å². The average Bonchev–Trinajstić information content (AvgIpc) is 2.32. The van der Waals surface area contributed by atoms with Crippen molar-refractivity contribution in [3.8, 4) is 0 Å². The van der Waals surface area contributed by atoms with E-state index in [9.17, 15) is 9.59 Å². The number of rotatable bonds is 8. The number of nitrogens with one attached hydrogen (secondary N) is 3. The Balaban J connectivity index is 4.01. The zero-order valence-electron chi connectivity index (χ0n) is 12.2. The molecule has 0 aromatic carbocycles. The van der Waals surface area contributed by atoms with E-state index in [1.54, 1.807) is 6.92 Å². The van der Waals surface area contributed by atoms with Crippen LogP contribution in [0.3, 0.4) is 0 Å². The molecule has 0 heterocycles. The van der Waals surface area contributed by atoms with E-state index in [2.05, 4.69) is 16.0 Å². The Morgan fingerprint density at radius 3 is 2.11 bits per heavy atom. The first-order valence-corrected chi connectivity index (χ1v) is 6.67. The lowest BCUT2D eigenvalue weighted by molar-refractivity contribution is -0.130. The molecule has 0 bridgehead atoms. The van der Waals surface area contributed by atoms with Gasteiger partial charge in [0.2, 0.25) is 11.8 Å². The first-order valence-electron chi connectivity index (χ1n) is 6.67. The van der Waals surface area contributed by atoms with E-state index in [4.69, 9.17) is 0 Å². The van der Waals surface area contributed by atoms with Gasteiger partial charge in [0.25, 0.3) is 0 Å². The average molecular weight is 257 g/mol. The van der Waals surface area contributed by atoms with Gasteiger partial charge in [-0.25, -0.2) is 0 Å². The highest BCUT2D eigenvalue weighted by atomic mass is 16.2. The van der Waals surface area contributed by atoms with Crippen LogP contribution in [0.4, 0.5) is 0 Å². The lowest BCUT2D eigenvalue weighted by atomic mass is 10.1. The van der Waals surface area contributed by atoms with Gasteiger partial charge < -0.3 is 16.0 Å². The van der Waals surface area contributed by atoms with Gasteiger partial charge in [-0.3, -0.25) is 9.59 Å². The molecule has 3 N–H and O–H groups in total. The standard InChI is InChI=1S/C13H27N3O2/c1-6-14-8-10(4)12(17)16-11(5)13(18)15-7-9(2)3/h9-11,14H,6-8H2,1-5H3,(H,15,18)(H,16,17). The van der Waals surface area contributed by atoms with Gasteiger partial charge in [0.15, 0.2) is 0 Å². The predicted molar refractivity (Wildman–Crippen MR) is 73.2 cm³/mol. The first kappa shape index (κ1) is 16.9. The van der Waals surface area contributed by atoms with E-state index < -0.39 is 6.04 Å². The van der Waals surface area contributed by atoms with E-state index in [0.717, 1.165) is 6.54 Å². The minimum atomic E-state index is -0.486. The van der Waals surface area contributed by atoms with Gasteiger partial charge in [-0.1, -0.05) is 27.7 Å². The molecule has 2 unspecified atom stereocenters. The van der Waals surface area contributed by atoms with Crippen LogP contribution in [0.25, 0.3) is 0 Å². The van der Waals surface area contributed by atoms with Crippen LogP contribution in [0, 0.1) is 11.8 Å². The molecule has 0 radical (unpaired) electrons. The molecule has 0 aliphatic heterocycles. The summed E-state index contributed by atoms with van der Waals surface area (Å²) in [5.74, 6) is 0.0469. The molecule has 0 aliphatic rings. The van der Waals surface area contributed by atoms with Crippen LogP contribution in [0.5, 0.6) is 0 Å². The van der Waals surface area contributed by atoms with Gasteiger partial charge in [0.1, 0.15) is 6.04 Å². The third-order valence-electron chi connectivity index (χ3n) is 2.58. The highest BCUT2D eigenvalue weighted by Gasteiger charge is 2.19. The first-order chi connectivity index (χ1) is 8.38. The number of hydrogen-bond donors (Lipinski definition) is 3. The molecule has 0 aliphatic carbocycles. The van der Waals surface area contributed by atoms with E-state index >= 15 is 0 Å². The summed E-state index contributed by atoms with van der Waals surface area (Å²) >= 11 is 0. The van der Waals surface area contributed by atoms with E-state index in [-0.39, 0.29) is 17.7 Å². The van der Waals surface area contributed by atoms with Crippen LogP contribution < -0.4 is 16.0 Å². The second-order valence-corrected chi connectivity index (χ2v) is 5.08. The van der Waals surface area contributed by atoms with Gasteiger partial charge in [-0.2, -0.15) is 0 Å². The largest absolute Gasteiger partial charge is 0.354 e. The van der Waals surface area contributed by atoms with Crippen molar-refractivity contribution in [2.75, 3.05) is 19.6 Å². The molecular weight excluding hydrogens is 230 g/mol. The molecule has 0 saturated heterocycles. The Morgan fingerprint density at radius 2 is 1.61 bits per heavy atom. The lowest BCUT2D eigenvalue weighted by Gasteiger charge is -2.18. The Labute approximate surface area is 110 Å². The summed E-state index contributed by atoms with van der Waals surface area (Å²) in [5, 5.41) is 8.63. The summed E-state index contributed by atoms with van der Waals surface area (Å²) in [7, 11) is 0. The van der Waals surface area contributed by atoms with Crippen LogP contribution >= 0.6 is 0 Å². The molecule has 2 atom stereocenters. The molecule has 2 amide bonds. The van der Waals surface area contributed by atoms with Crippen LogP contribution in [-0.4, -0.2) is 37.5 Å². The summed E-state index contributed by atoms with van der Waals surface area (Å²) in [4.78, 5) is 23.4. The highest BCUT2D eigenvalue weighted by Crippen LogP contribution is 1.95. The van der Waals surface area contributed by atoms with Crippen LogP contribution in [0.2, 0.25) is 0 Å². The maximum Gasteiger partial charge on any atom is 0.242 e. The zero-order valence-corrected chi connectivity index (χ0v) is 12.2. The third-order valence-corrected chi connectivity index (χ3v) is 2.58. The fraction of sp³-hybridized carbons (Fsp3) is 0.846. The Kier molecular flexibility index (Phi) is 8.37. The second kappa shape index (κ2) is 8.91. The smallest absolute Gasteiger partial charge is 0.242 e. The Bertz CT molecular complexity index is 267.